The minimum Gasteiger partial charge on any atom is -0.459 e. The normalized spacial score (nSPS) is 18.2. The SMILES string of the molecule is CC(NCC(=O)NCc1ccc(-c2ccc(Cl)cc2)o1)C1CCOC1. The van der Waals surface area contributed by atoms with Crippen LogP contribution in [-0.4, -0.2) is 31.7 Å². The third-order valence-corrected chi connectivity index (χ3v) is 4.76. The van der Waals surface area contributed by atoms with E-state index in [1.807, 2.05) is 36.4 Å². The number of rotatable bonds is 7. The van der Waals surface area contributed by atoms with Gasteiger partial charge >= 0.3 is 0 Å². The maximum atomic E-state index is 12.0. The number of hydrogen-bond donors (Lipinski definition) is 2. The third kappa shape index (κ3) is 5.08. The summed E-state index contributed by atoms with van der Waals surface area (Å²) < 4.78 is 11.1. The molecule has 134 valence electrons. The van der Waals surface area contributed by atoms with Crippen molar-refractivity contribution in [3.8, 4) is 11.3 Å². The number of benzene rings is 1. The van der Waals surface area contributed by atoms with Crippen LogP contribution in [0.5, 0.6) is 0 Å². The van der Waals surface area contributed by atoms with Crippen LogP contribution in [0.2, 0.25) is 5.02 Å². The molecule has 3 rings (SSSR count). The fraction of sp³-hybridized carbons (Fsp3) is 0.421. The Morgan fingerprint density at radius 3 is 2.80 bits per heavy atom. The summed E-state index contributed by atoms with van der Waals surface area (Å²) in [5.41, 5.74) is 0.955. The molecule has 0 radical (unpaired) electrons. The van der Waals surface area contributed by atoms with E-state index in [9.17, 15) is 4.79 Å². The Balaban J connectivity index is 1.43. The smallest absolute Gasteiger partial charge is 0.234 e. The minimum atomic E-state index is -0.0461. The number of hydrogen-bond acceptors (Lipinski definition) is 4. The molecule has 0 saturated carbocycles. The summed E-state index contributed by atoms with van der Waals surface area (Å²) in [6.07, 6.45) is 1.05. The van der Waals surface area contributed by atoms with E-state index in [-0.39, 0.29) is 11.9 Å². The molecule has 25 heavy (non-hydrogen) atoms. The maximum Gasteiger partial charge on any atom is 0.234 e. The summed E-state index contributed by atoms with van der Waals surface area (Å²) in [4.78, 5) is 12.0. The quantitative estimate of drug-likeness (QED) is 0.793. The monoisotopic (exact) mass is 362 g/mol. The van der Waals surface area contributed by atoms with Crippen LogP contribution >= 0.6 is 11.6 Å². The molecule has 2 aromatic rings. The number of ether oxygens (including phenoxy) is 1. The second kappa shape index (κ2) is 8.52. The van der Waals surface area contributed by atoms with Gasteiger partial charge in [-0.1, -0.05) is 11.6 Å². The molecular weight excluding hydrogens is 340 g/mol. The van der Waals surface area contributed by atoms with Gasteiger partial charge in [0.2, 0.25) is 5.91 Å². The van der Waals surface area contributed by atoms with Gasteiger partial charge in [-0.2, -0.15) is 0 Å². The molecule has 1 aliphatic heterocycles. The molecule has 0 bridgehead atoms. The van der Waals surface area contributed by atoms with Crippen LogP contribution in [0.15, 0.2) is 40.8 Å². The van der Waals surface area contributed by atoms with Crippen LogP contribution in [-0.2, 0) is 16.1 Å². The van der Waals surface area contributed by atoms with Gasteiger partial charge in [-0.05, 0) is 55.7 Å². The highest BCUT2D eigenvalue weighted by molar-refractivity contribution is 6.30. The number of carbonyl (C=O) groups excluding carboxylic acids is 1. The second-order valence-corrected chi connectivity index (χ2v) is 6.78. The van der Waals surface area contributed by atoms with E-state index in [0.717, 1.165) is 36.7 Å². The first-order valence-corrected chi connectivity index (χ1v) is 8.92. The van der Waals surface area contributed by atoms with E-state index in [4.69, 9.17) is 20.8 Å². The Bertz CT molecular complexity index is 693. The molecule has 2 atom stereocenters. The average molecular weight is 363 g/mol. The van der Waals surface area contributed by atoms with Gasteiger partial charge < -0.3 is 19.8 Å². The van der Waals surface area contributed by atoms with Crippen molar-refractivity contribution in [1.82, 2.24) is 10.6 Å². The highest BCUT2D eigenvalue weighted by Gasteiger charge is 2.22. The van der Waals surface area contributed by atoms with Crippen molar-refractivity contribution in [2.24, 2.45) is 5.92 Å². The zero-order valence-corrected chi connectivity index (χ0v) is 15.0. The highest BCUT2D eigenvalue weighted by atomic mass is 35.5. The van der Waals surface area contributed by atoms with Crippen LogP contribution in [0, 0.1) is 5.92 Å². The lowest BCUT2D eigenvalue weighted by Crippen LogP contribution is -2.41. The standard InChI is InChI=1S/C19H23ClN2O3/c1-13(15-8-9-24-12-15)21-11-19(23)22-10-17-6-7-18(25-17)14-2-4-16(20)5-3-14/h2-7,13,15,21H,8-12H2,1H3,(H,22,23). The van der Waals surface area contributed by atoms with Crippen molar-refractivity contribution in [2.75, 3.05) is 19.8 Å². The minimum absolute atomic E-state index is 0.0461. The van der Waals surface area contributed by atoms with Crippen molar-refractivity contribution >= 4 is 17.5 Å². The summed E-state index contributed by atoms with van der Waals surface area (Å²) in [7, 11) is 0. The van der Waals surface area contributed by atoms with Crippen molar-refractivity contribution < 1.29 is 13.9 Å². The Hall–Kier alpha value is -1.82. The molecule has 1 aliphatic rings. The van der Waals surface area contributed by atoms with Crippen LogP contribution in [0.1, 0.15) is 19.1 Å². The number of carbonyl (C=O) groups is 1. The first-order valence-electron chi connectivity index (χ1n) is 8.54. The van der Waals surface area contributed by atoms with E-state index in [1.165, 1.54) is 0 Å². The summed E-state index contributed by atoms with van der Waals surface area (Å²) >= 11 is 5.89. The summed E-state index contributed by atoms with van der Waals surface area (Å²) in [5, 5.41) is 6.82. The molecule has 1 fully saturated rings. The number of furan rings is 1. The highest BCUT2D eigenvalue weighted by Crippen LogP contribution is 2.23. The molecule has 2 unspecified atom stereocenters. The van der Waals surface area contributed by atoms with Crippen LogP contribution < -0.4 is 10.6 Å². The lowest BCUT2D eigenvalue weighted by Gasteiger charge is -2.18. The molecule has 0 spiro atoms. The summed E-state index contributed by atoms with van der Waals surface area (Å²) in [5.74, 6) is 1.92. The van der Waals surface area contributed by atoms with Gasteiger partial charge in [0.1, 0.15) is 11.5 Å². The molecule has 0 aliphatic carbocycles. The Morgan fingerprint density at radius 2 is 2.08 bits per heavy atom. The van der Waals surface area contributed by atoms with Gasteiger partial charge in [0.25, 0.3) is 0 Å². The molecule has 6 heteroatoms. The number of amides is 1. The predicted octanol–water partition coefficient (Wildman–Crippen LogP) is 3.23. The Morgan fingerprint density at radius 1 is 1.28 bits per heavy atom. The fourth-order valence-corrected chi connectivity index (χ4v) is 2.98. The zero-order chi connectivity index (χ0) is 17.6. The van der Waals surface area contributed by atoms with E-state index in [2.05, 4.69) is 17.6 Å². The van der Waals surface area contributed by atoms with Crippen molar-refractivity contribution in [3.63, 3.8) is 0 Å². The van der Waals surface area contributed by atoms with Crippen LogP contribution in [0.3, 0.4) is 0 Å². The van der Waals surface area contributed by atoms with Crippen molar-refractivity contribution in [1.29, 1.82) is 0 Å². The third-order valence-electron chi connectivity index (χ3n) is 4.51. The zero-order valence-electron chi connectivity index (χ0n) is 14.3. The van der Waals surface area contributed by atoms with Gasteiger partial charge in [-0.25, -0.2) is 0 Å². The van der Waals surface area contributed by atoms with Crippen molar-refractivity contribution in [3.05, 3.63) is 47.2 Å². The second-order valence-electron chi connectivity index (χ2n) is 6.34. The molecular formula is C19H23ClN2O3. The van der Waals surface area contributed by atoms with Gasteiger partial charge in [0.05, 0.1) is 19.7 Å². The molecule has 1 amide bonds. The largest absolute Gasteiger partial charge is 0.459 e. The maximum absolute atomic E-state index is 12.0. The lowest BCUT2D eigenvalue weighted by atomic mass is 10.0. The van der Waals surface area contributed by atoms with E-state index in [0.29, 0.717) is 24.0 Å². The topological polar surface area (TPSA) is 63.5 Å². The number of halogens is 1. The molecule has 1 saturated heterocycles. The molecule has 5 nitrogen and oxygen atoms in total. The van der Waals surface area contributed by atoms with E-state index in [1.54, 1.807) is 0 Å². The molecule has 2 heterocycles. The van der Waals surface area contributed by atoms with Gasteiger partial charge in [-0.15, -0.1) is 0 Å². The first-order chi connectivity index (χ1) is 12.1. The molecule has 1 aromatic heterocycles. The Labute approximate surface area is 152 Å². The predicted molar refractivity (Wildman–Crippen MR) is 97.4 cm³/mol. The molecule has 1 aromatic carbocycles. The van der Waals surface area contributed by atoms with E-state index >= 15 is 0 Å². The fourth-order valence-electron chi connectivity index (χ4n) is 2.86. The first kappa shape index (κ1) is 18.0. The average Bonchev–Trinajstić information content (AvgIpc) is 3.30. The molecule has 2 N–H and O–H groups in total. The summed E-state index contributed by atoms with van der Waals surface area (Å²) in [6.45, 7) is 4.35. The van der Waals surface area contributed by atoms with Crippen LogP contribution in [0.25, 0.3) is 11.3 Å². The number of nitrogens with one attached hydrogen (secondary N) is 2. The van der Waals surface area contributed by atoms with Crippen LogP contribution in [0.4, 0.5) is 0 Å². The van der Waals surface area contributed by atoms with Gasteiger partial charge in [-0.3, -0.25) is 4.79 Å². The lowest BCUT2D eigenvalue weighted by molar-refractivity contribution is -0.120. The summed E-state index contributed by atoms with van der Waals surface area (Å²) in [6, 6.07) is 11.5. The van der Waals surface area contributed by atoms with Gasteiger partial charge in [0, 0.05) is 23.2 Å². The van der Waals surface area contributed by atoms with Gasteiger partial charge in [0.15, 0.2) is 0 Å². The van der Waals surface area contributed by atoms with Crippen molar-refractivity contribution in [2.45, 2.75) is 25.9 Å². The van der Waals surface area contributed by atoms with E-state index < -0.39 is 0 Å². The Kier molecular flexibility index (Phi) is 6.13.